The van der Waals surface area contributed by atoms with Crippen molar-refractivity contribution in [3.63, 3.8) is 0 Å². The average Bonchev–Trinajstić information content (AvgIpc) is 3.43. The van der Waals surface area contributed by atoms with E-state index < -0.39 is 28.5 Å². The smallest absolute Gasteiger partial charge is 0.244 e. The number of rotatable bonds is 12. The highest BCUT2D eigenvalue weighted by Crippen LogP contribution is 2.36. The molecule has 212 valence electrons. The van der Waals surface area contributed by atoms with Gasteiger partial charge in [0.25, 0.3) is 0 Å². The van der Waals surface area contributed by atoms with E-state index in [-0.39, 0.29) is 37.1 Å². The van der Waals surface area contributed by atoms with Crippen LogP contribution < -0.4 is 19.1 Å². The van der Waals surface area contributed by atoms with Crippen LogP contribution in [0.15, 0.2) is 72.8 Å². The molecule has 40 heavy (non-hydrogen) atoms. The minimum atomic E-state index is -3.89. The molecule has 0 saturated carbocycles. The van der Waals surface area contributed by atoms with E-state index in [0.717, 1.165) is 9.87 Å². The van der Waals surface area contributed by atoms with E-state index >= 15 is 0 Å². The summed E-state index contributed by atoms with van der Waals surface area (Å²) in [4.78, 5) is 28.9. The second-order valence-electron chi connectivity index (χ2n) is 9.16. The number of halogens is 1. The second-order valence-corrected chi connectivity index (χ2v) is 11.7. The number of nitrogens with zero attached hydrogens (tertiary/aromatic N) is 2. The Balaban J connectivity index is 1.74. The fourth-order valence-corrected chi connectivity index (χ4v) is 5.67. The lowest BCUT2D eigenvalue weighted by atomic mass is 10.0. The van der Waals surface area contributed by atoms with Crippen LogP contribution in [0.2, 0.25) is 5.02 Å². The summed E-state index contributed by atoms with van der Waals surface area (Å²) < 4.78 is 38.3. The molecule has 11 heteroatoms. The Kier molecular flexibility index (Phi) is 9.54. The Morgan fingerprint density at radius 1 is 0.975 bits per heavy atom. The van der Waals surface area contributed by atoms with Crippen molar-refractivity contribution in [2.75, 3.05) is 29.9 Å². The molecule has 1 unspecified atom stereocenters. The van der Waals surface area contributed by atoms with Crippen LogP contribution >= 0.6 is 11.6 Å². The summed E-state index contributed by atoms with van der Waals surface area (Å²) in [5.41, 5.74) is 1.74. The molecule has 0 aliphatic carbocycles. The highest BCUT2D eigenvalue weighted by atomic mass is 35.5. The lowest BCUT2D eigenvalue weighted by Gasteiger charge is -2.34. The molecule has 4 rings (SSSR count). The first-order valence-electron chi connectivity index (χ1n) is 13.0. The Morgan fingerprint density at radius 2 is 1.68 bits per heavy atom. The maximum Gasteiger partial charge on any atom is 0.244 e. The Morgan fingerprint density at radius 3 is 2.38 bits per heavy atom. The van der Waals surface area contributed by atoms with Crippen molar-refractivity contribution in [1.82, 2.24) is 10.2 Å². The lowest BCUT2D eigenvalue weighted by Crippen LogP contribution is -2.53. The molecule has 2 amide bonds. The standard InChI is InChI=1S/C29H32ClN3O6S/c1-3-31-29(35)25(16-21-10-6-5-7-11-21)32(18-22-12-8-9-13-24(22)30)28(34)19-33(40(36,37)4-2)23-14-15-26-27(17-23)39-20-38-26/h5-15,17,25H,3-4,16,18-20H2,1-2H3,(H,31,35). The first kappa shape index (κ1) is 29.2. The minimum Gasteiger partial charge on any atom is -0.454 e. The van der Waals surface area contributed by atoms with E-state index in [1.165, 1.54) is 17.9 Å². The quantitative estimate of drug-likeness (QED) is 0.344. The SMILES string of the molecule is CCNC(=O)C(Cc1ccccc1)N(Cc1ccccc1Cl)C(=O)CN(c1ccc2c(c1)OCO2)S(=O)(=O)CC. The fourth-order valence-electron chi connectivity index (χ4n) is 4.42. The van der Waals surface area contributed by atoms with Gasteiger partial charge in [0.2, 0.25) is 28.6 Å². The fraction of sp³-hybridized carbons (Fsp3) is 0.310. The maximum atomic E-state index is 14.1. The summed E-state index contributed by atoms with van der Waals surface area (Å²) in [5, 5.41) is 3.26. The van der Waals surface area contributed by atoms with E-state index in [2.05, 4.69) is 5.32 Å². The van der Waals surface area contributed by atoms with Gasteiger partial charge in [-0.3, -0.25) is 13.9 Å². The summed E-state index contributed by atoms with van der Waals surface area (Å²) in [6.45, 7) is 3.18. The van der Waals surface area contributed by atoms with Crippen LogP contribution in [0.5, 0.6) is 11.5 Å². The third-order valence-electron chi connectivity index (χ3n) is 6.54. The van der Waals surface area contributed by atoms with Crippen molar-refractivity contribution in [3.8, 4) is 11.5 Å². The molecular weight excluding hydrogens is 554 g/mol. The molecule has 0 bridgehead atoms. The number of sulfonamides is 1. The number of benzene rings is 3. The highest BCUT2D eigenvalue weighted by Gasteiger charge is 2.34. The summed E-state index contributed by atoms with van der Waals surface area (Å²) >= 11 is 6.46. The van der Waals surface area contributed by atoms with Gasteiger partial charge >= 0.3 is 0 Å². The van der Waals surface area contributed by atoms with E-state index in [4.69, 9.17) is 21.1 Å². The second kappa shape index (κ2) is 13.1. The van der Waals surface area contributed by atoms with Gasteiger partial charge in [0, 0.05) is 30.6 Å². The summed E-state index contributed by atoms with van der Waals surface area (Å²) in [6, 6.07) is 20.2. The van der Waals surface area contributed by atoms with Crippen molar-refractivity contribution >= 4 is 39.1 Å². The average molecular weight is 586 g/mol. The number of hydrogen-bond donors (Lipinski definition) is 1. The van der Waals surface area contributed by atoms with Crippen LogP contribution in [-0.4, -0.2) is 56.8 Å². The van der Waals surface area contributed by atoms with Gasteiger partial charge < -0.3 is 19.7 Å². The van der Waals surface area contributed by atoms with Crippen LogP contribution in [0.4, 0.5) is 5.69 Å². The molecule has 1 aliphatic heterocycles. The van der Waals surface area contributed by atoms with Crippen molar-refractivity contribution in [2.45, 2.75) is 32.9 Å². The Hall–Kier alpha value is -3.76. The number of hydrogen-bond acceptors (Lipinski definition) is 6. The van der Waals surface area contributed by atoms with Crippen LogP contribution in [0.1, 0.15) is 25.0 Å². The largest absolute Gasteiger partial charge is 0.454 e. The number of carbonyl (C=O) groups excluding carboxylic acids is 2. The van der Waals surface area contributed by atoms with Gasteiger partial charge in [-0.15, -0.1) is 0 Å². The zero-order valence-corrected chi connectivity index (χ0v) is 24.0. The molecule has 1 aliphatic rings. The molecule has 9 nitrogen and oxygen atoms in total. The summed E-state index contributed by atoms with van der Waals surface area (Å²) in [7, 11) is -3.89. The number of fused-ring (bicyclic) bond motifs is 1. The summed E-state index contributed by atoms with van der Waals surface area (Å²) in [6.07, 6.45) is 0.230. The lowest BCUT2D eigenvalue weighted by molar-refractivity contribution is -0.140. The zero-order chi connectivity index (χ0) is 28.7. The molecule has 0 fully saturated rings. The molecule has 3 aromatic carbocycles. The number of amides is 2. The first-order chi connectivity index (χ1) is 19.2. The van der Waals surface area contributed by atoms with Crippen LogP contribution in [-0.2, 0) is 32.6 Å². The van der Waals surface area contributed by atoms with Gasteiger partial charge in [0.1, 0.15) is 12.6 Å². The highest BCUT2D eigenvalue weighted by molar-refractivity contribution is 7.92. The summed E-state index contributed by atoms with van der Waals surface area (Å²) in [5.74, 6) is -0.258. The van der Waals surface area contributed by atoms with Gasteiger partial charge in [-0.2, -0.15) is 0 Å². The molecule has 1 heterocycles. The van der Waals surface area contributed by atoms with E-state index in [9.17, 15) is 18.0 Å². The van der Waals surface area contributed by atoms with Crippen molar-refractivity contribution in [3.05, 3.63) is 88.9 Å². The predicted octanol–water partition coefficient (Wildman–Crippen LogP) is 4.00. The first-order valence-corrected chi connectivity index (χ1v) is 15.0. The van der Waals surface area contributed by atoms with E-state index in [0.29, 0.717) is 28.6 Å². The third kappa shape index (κ3) is 6.86. The zero-order valence-electron chi connectivity index (χ0n) is 22.4. The topological polar surface area (TPSA) is 105 Å². The number of ether oxygens (including phenoxy) is 2. The Labute approximate surface area is 239 Å². The van der Waals surface area contributed by atoms with Gasteiger partial charge in [-0.25, -0.2) is 8.42 Å². The van der Waals surface area contributed by atoms with Gasteiger partial charge in [-0.1, -0.05) is 60.1 Å². The molecule has 0 radical (unpaired) electrons. The molecule has 1 N–H and O–H groups in total. The Bertz CT molecular complexity index is 1450. The molecular formula is C29H32ClN3O6S. The van der Waals surface area contributed by atoms with Gasteiger partial charge in [0.15, 0.2) is 11.5 Å². The number of carbonyl (C=O) groups is 2. The van der Waals surface area contributed by atoms with Crippen LogP contribution in [0, 0.1) is 0 Å². The number of likely N-dealkylation sites (N-methyl/N-ethyl adjacent to an activating group) is 1. The predicted molar refractivity (Wildman–Crippen MR) is 154 cm³/mol. The maximum absolute atomic E-state index is 14.1. The molecule has 0 saturated heterocycles. The van der Waals surface area contributed by atoms with Crippen molar-refractivity contribution < 1.29 is 27.5 Å². The van der Waals surface area contributed by atoms with Crippen molar-refractivity contribution in [1.29, 1.82) is 0 Å². The normalized spacial score (nSPS) is 13.0. The monoisotopic (exact) mass is 585 g/mol. The molecule has 0 aromatic heterocycles. The van der Waals surface area contributed by atoms with E-state index in [1.807, 2.05) is 30.3 Å². The molecule has 0 spiro atoms. The van der Waals surface area contributed by atoms with Crippen LogP contribution in [0.25, 0.3) is 0 Å². The van der Waals surface area contributed by atoms with Gasteiger partial charge in [-0.05, 0) is 43.2 Å². The third-order valence-corrected chi connectivity index (χ3v) is 8.65. The van der Waals surface area contributed by atoms with E-state index in [1.54, 1.807) is 43.3 Å². The minimum absolute atomic E-state index is 0.00823. The molecule has 1 atom stereocenters. The number of anilines is 1. The molecule has 3 aromatic rings. The van der Waals surface area contributed by atoms with Crippen molar-refractivity contribution in [2.24, 2.45) is 0 Å². The van der Waals surface area contributed by atoms with Gasteiger partial charge in [0.05, 0.1) is 11.4 Å². The van der Waals surface area contributed by atoms with Crippen LogP contribution in [0.3, 0.4) is 0 Å². The number of nitrogens with one attached hydrogen (secondary N) is 1.